The van der Waals surface area contributed by atoms with Crippen LogP contribution in [0.25, 0.3) is 0 Å². The number of anilines is 1. The van der Waals surface area contributed by atoms with E-state index in [1.165, 1.54) is 12.5 Å². The molecule has 3 saturated carbocycles. The van der Waals surface area contributed by atoms with Crippen LogP contribution >= 0.6 is 0 Å². The Kier molecular flexibility index (Phi) is 18.3. The second-order valence-electron chi connectivity index (χ2n) is 19.9. The summed E-state index contributed by atoms with van der Waals surface area (Å²) in [5, 5.41) is 19.6. The van der Waals surface area contributed by atoms with Crippen molar-refractivity contribution in [2.24, 2.45) is 40.6 Å². The van der Waals surface area contributed by atoms with Gasteiger partial charge in [-0.25, -0.2) is 0 Å². The minimum Gasteiger partial charge on any atom is -0.405 e. The molecule has 0 aromatic heterocycles. The molecule has 2 aromatic carbocycles. The molecule has 6 rings (SSSR count). The van der Waals surface area contributed by atoms with Crippen molar-refractivity contribution in [3.63, 3.8) is 0 Å². The fourth-order valence-corrected chi connectivity index (χ4v) is 10.1. The summed E-state index contributed by atoms with van der Waals surface area (Å²) in [7, 11) is -0.523. The first kappa shape index (κ1) is 51.0. The average molecular weight is 886 g/mol. The molecule has 4 aliphatic rings. The Balaban J connectivity index is 1.12. The van der Waals surface area contributed by atoms with Crippen molar-refractivity contribution in [2.75, 3.05) is 18.4 Å². The van der Waals surface area contributed by atoms with Crippen molar-refractivity contribution in [3.8, 4) is 0 Å². The molecule has 2 aromatic rings. The molecule has 2 bridgehead atoms. The van der Waals surface area contributed by atoms with Crippen LogP contribution in [0.5, 0.6) is 0 Å². The first-order valence-corrected chi connectivity index (χ1v) is 23.9. The van der Waals surface area contributed by atoms with E-state index >= 15 is 0 Å². The lowest BCUT2D eigenvalue weighted by atomic mass is 9.43. The number of rotatable bonds is 27. The summed E-state index contributed by atoms with van der Waals surface area (Å²) in [5.41, 5.74) is 15.2. The highest BCUT2D eigenvalue weighted by Crippen LogP contribution is 2.66. The Bertz CT molecular complexity index is 1890. The van der Waals surface area contributed by atoms with E-state index in [-0.39, 0.29) is 61.1 Å². The molecule has 1 heterocycles. The highest BCUT2D eigenvalue weighted by Gasteiger charge is 2.68. The number of amides is 2. The summed E-state index contributed by atoms with van der Waals surface area (Å²) in [5.74, 6) is -2.96. The zero-order valence-corrected chi connectivity index (χ0v) is 39.5. The molecule has 352 valence electrons. The van der Waals surface area contributed by atoms with Crippen molar-refractivity contribution in [3.05, 3.63) is 65.2 Å². The number of hydrogen-bond donors (Lipinski definition) is 6. The molecular formula is C50H76BN5O8. The van der Waals surface area contributed by atoms with Crippen LogP contribution in [-0.2, 0) is 41.5 Å². The van der Waals surface area contributed by atoms with Gasteiger partial charge in [0.05, 0.1) is 23.9 Å². The fourth-order valence-electron chi connectivity index (χ4n) is 10.1. The molecule has 8 N–H and O–H groups in total. The standard InChI is InChI=1S/C50H76BN5O8/c1-8-9-12-34-16-20-39(21-17-34)54-30-35-14-18-36(19-15-35)41(58)27-37(22-24-53)48(62)56-46(33(4)57)43(60)25-31(2)47(61)55-40(13-10-11-23-52)42(59)26-32(3)51-63-45-29-38-28-44(49(38,5)6)50(45,7)64-51/h14-21,31-33,37-38,40,44-46,54,57H,8-13,22-30,52-53H2,1-7H3,(H,55,61)(H,56,62)/t31-,32-,33-,37-,38+,40+,44+,45?,46+,50+/m1/s1. The van der Waals surface area contributed by atoms with Gasteiger partial charge in [0, 0.05) is 48.9 Å². The smallest absolute Gasteiger partial charge is 0.405 e. The Labute approximate surface area is 381 Å². The maximum Gasteiger partial charge on any atom is 0.461 e. The summed E-state index contributed by atoms with van der Waals surface area (Å²) >= 11 is 0. The highest BCUT2D eigenvalue weighted by atomic mass is 16.7. The summed E-state index contributed by atoms with van der Waals surface area (Å²) in [4.78, 5) is 68.1. The van der Waals surface area contributed by atoms with Crippen LogP contribution in [-0.4, -0.2) is 84.4 Å². The molecule has 10 atom stereocenters. The number of nitrogens with two attached hydrogens (primary N) is 2. The van der Waals surface area contributed by atoms with Gasteiger partial charge in [0.15, 0.2) is 17.3 Å². The zero-order valence-electron chi connectivity index (χ0n) is 39.5. The van der Waals surface area contributed by atoms with Crippen molar-refractivity contribution in [1.82, 2.24) is 10.6 Å². The van der Waals surface area contributed by atoms with Gasteiger partial charge in [-0.1, -0.05) is 77.4 Å². The van der Waals surface area contributed by atoms with Crippen LogP contribution in [0.1, 0.15) is 141 Å². The van der Waals surface area contributed by atoms with Gasteiger partial charge >= 0.3 is 7.12 Å². The van der Waals surface area contributed by atoms with E-state index < -0.39 is 60.3 Å². The first-order chi connectivity index (χ1) is 30.4. The number of carbonyl (C=O) groups excluding carboxylic acids is 5. The number of unbranched alkanes of at least 4 members (excludes halogenated alkanes) is 2. The van der Waals surface area contributed by atoms with E-state index in [2.05, 4.69) is 67.9 Å². The third-order valence-electron chi connectivity index (χ3n) is 14.6. The van der Waals surface area contributed by atoms with Gasteiger partial charge in [-0.2, -0.15) is 0 Å². The van der Waals surface area contributed by atoms with E-state index in [1.54, 1.807) is 19.1 Å². The quantitative estimate of drug-likeness (QED) is 0.0332. The number of carbonyl (C=O) groups is 5. The number of nitrogens with one attached hydrogen (secondary N) is 3. The lowest BCUT2D eigenvalue weighted by Gasteiger charge is -2.64. The van der Waals surface area contributed by atoms with Crippen molar-refractivity contribution in [1.29, 1.82) is 0 Å². The second-order valence-corrected chi connectivity index (χ2v) is 19.9. The van der Waals surface area contributed by atoms with Crippen molar-refractivity contribution < 1.29 is 38.4 Å². The van der Waals surface area contributed by atoms with Gasteiger partial charge in [-0.3, -0.25) is 24.0 Å². The zero-order chi connectivity index (χ0) is 46.8. The van der Waals surface area contributed by atoms with E-state index in [9.17, 15) is 29.1 Å². The average Bonchev–Trinajstić information content (AvgIpc) is 3.64. The molecule has 64 heavy (non-hydrogen) atoms. The SMILES string of the molecule is CCCCc1ccc(NCc2ccc(C(=O)C[C@@H](CCN)C(=O)N[C@H](C(=O)C[C@@H](C)C(=O)N[C@@H](CCCCN)C(=O)C[C@@H](C)B3OC4C[C@@H]5C[C@@H](C5(C)C)[C@]4(C)O3)[C@@H](C)O)cc2)cc1. The number of benzene rings is 2. The van der Waals surface area contributed by atoms with Crippen LogP contribution in [0.2, 0.25) is 5.82 Å². The Morgan fingerprint density at radius 2 is 1.50 bits per heavy atom. The molecular weight excluding hydrogens is 809 g/mol. The number of aryl methyl sites for hydroxylation is 1. The lowest BCUT2D eigenvalue weighted by molar-refractivity contribution is -0.199. The van der Waals surface area contributed by atoms with Crippen LogP contribution in [0.15, 0.2) is 48.5 Å². The molecule has 1 unspecified atom stereocenters. The number of hydrogen-bond acceptors (Lipinski definition) is 11. The van der Waals surface area contributed by atoms with Gasteiger partial charge in [0.25, 0.3) is 0 Å². The topological polar surface area (TPSA) is 212 Å². The molecule has 0 spiro atoms. The molecule has 0 radical (unpaired) electrons. The van der Waals surface area contributed by atoms with Gasteiger partial charge in [-0.15, -0.1) is 0 Å². The minimum atomic E-state index is -1.33. The normalized spacial score (nSPS) is 23.7. The third-order valence-corrected chi connectivity index (χ3v) is 14.6. The summed E-state index contributed by atoms with van der Waals surface area (Å²) in [6.07, 6.45) is 5.78. The molecule has 1 saturated heterocycles. The number of ketones is 3. The van der Waals surface area contributed by atoms with E-state index in [1.807, 2.05) is 19.1 Å². The first-order valence-electron chi connectivity index (χ1n) is 23.9. The van der Waals surface area contributed by atoms with Crippen LogP contribution in [0.4, 0.5) is 5.69 Å². The van der Waals surface area contributed by atoms with E-state index in [0.29, 0.717) is 49.8 Å². The van der Waals surface area contributed by atoms with Gasteiger partial charge < -0.3 is 41.8 Å². The molecule has 13 nitrogen and oxygen atoms in total. The molecule has 1 aliphatic heterocycles. The summed E-state index contributed by atoms with van der Waals surface area (Å²) < 4.78 is 13.1. The largest absolute Gasteiger partial charge is 0.461 e. The highest BCUT2D eigenvalue weighted by molar-refractivity contribution is 6.47. The minimum absolute atomic E-state index is 0.00406. The maximum atomic E-state index is 13.8. The van der Waals surface area contributed by atoms with E-state index in [0.717, 1.165) is 43.4 Å². The Morgan fingerprint density at radius 3 is 2.12 bits per heavy atom. The van der Waals surface area contributed by atoms with Crippen LogP contribution in [0.3, 0.4) is 0 Å². The number of Topliss-reactive ketones (excluding diaryl/α,β-unsaturated/α-hetero) is 3. The van der Waals surface area contributed by atoms with E-state index in [4.69, 9.17) is 20.8 Å². The van der Waals surface area contributed by atoms with Crippen LogP contribution < -0.4 is 27.4 Å². The second kappa shape index (κ2) is 23.0. The lowest BCUT2D eigenvalue weighted by Crippen LogP contribution is -2.65. The third kappa shape index (κ3) is 12.7. The van der Waals surface area contributed by atoms with Gasteiger partial charge in [-0.05, 0) is 125 Å². The molecule has 4 fully saturated rings. The number of aliphatic hydroxyl groups excluding tert-OH is 1. The fraction of sp³-hybridized carbons (Fsp3) is 0.660. The predicted molar refractivity (Wildman–Crippen MR) is 251 cm³/mol. The van der Waals surface area contributed by atoms with Crippen molar-refractivity contribution >= 4 is 42.0 Å². The van der Waals surface area contributed by atoms with Crippen molar-refractivity contribution in [2.45, 2.75) is 168 Å². The van der Waals surface area contributed by atoms with Crippen LogP contribution in [0, 0.1) is 29.1 Å². The molecule has 2 amide bonds. The Hall–Kier alpha value is -3.95. The molecule has 14 heteroatoms. The summed E-state index contributed by atoms with van der Waals surface area (Å²) in [6.45, 7) is 15.0. The Morgan fingerprint density at radius 1 is 0.812 bits per heavy atom. The number of aliphatic hydroxyl groups is 1. The summed E-state index contributed by atoms with van der Waals surface area (Å²) in [6, 6.07) is 13.5. The molecule has 3 aliphatic carbocycles. The van der Waals surface area contributed by atoms with Gasteiger partial charge in [0.2, 0.25) is 11.8 Å². The van der Waals surface area contributed by atoms with Gasteiger partial charge in [0.1, 0.15) is 6.04 Å². The monoisotopic (exact) mass is 886 g/mol. The maximum absolute atomic E-state index is 13.8. The predicted octanol–water partition coefficient (Wildman–Crippen LogP) is 6.33.